The van der Waals surface area contributed by atoms with Crippen molar-refractivity contribution in [2.75, 3.05) is 11.9 Å². The number of alkyl halides is 6. The summed E-state index contributed by atoms with van der Waals surface area (Å²) in [6.07, 6.45) is -9.78. The average molecular weight is 491 g/mol. The largest absolute Gasteiger partial charge is 0.493 e. The van der Waals surface area contributed by atoms with Crippen LogP contribution in [-0.4, -0.2) is 30.5 Å². The van der Waals surface area contributed by atoms with Crippen LogP contribution in [0.4, 0.5) is 31.3 Å². The monoisotopic (exact) mass is 491 g/mol. The van der Waals surface area contributed by atoms with Crippen LogP contribution in [0.2, 0.25) is 0 Å². The van der Waals surface area contributed by atoms with Gasteiger partial charge in [-0.2, -0.15) is 31.6 Å². The van der Waals surface area contributed by atoms with E-state index in [2.05, 4.69) is 0 Å². The lowest BCUT2D eigenvalue weighted by Gasteiger charge is -2.38. The molecule has 0 unspecified atom stereocenters. The fraction of sp³-hybridized carbons (Fsp3) is 0.429. The Bertz CT molecular complexity index is 1060. The number of thiophene rings is 1. The lowest BCUT2D eigenvalue weighted by molar-refractivity contribution is -0.293. The van der Waals surface area contributed by atoms with Gasteiger partial charge in [0.25, 0.3) is 5.91 Å². The third-order valence-corrected chi connectivity index (χ3v) is 6.37. The zero-order chi connectivity index (χ0) is 24.4. The van der Waals surface area contributed by atoms with Gasteiger partial charge in [-0.3, -0.25) is 4.79 Å². The maximum atomic E-state index is 14.1. The second kappa shape index (κ2) is 9.13. The molecule has 1 amide bonds. The van der Waals surface area contributed by atoms with Crippen molar-refractivity contribution < 1.29 is 35.9 Å². The number of nitrogens with one attached hydrogen (secondary N) is 2. The molecule has 0 spiro atoms. The van der Waals surface area contributed by atoms with Gasteiger partial charge >= 0.3 is 18.0 Å². The molecule has 0 saturated heterocycles. The molecule has 3 rings (SSSR count). The van der Waals surface area contributed by atoms with Crippen LogP contribution in [0.3, 0.4) is 0 Å². The number of aryl methyl sites for hydroxylation is 1. The van der Waals surface area contributed by atoms with Crippen molar-refractivity contribution in [3.05, 3.63) is 45.8 Å². The number of hydrogen-bond acceptors (Lipinski definition) is 5. The van der Waals surface area contributed by atoms with E-state index in [0.29, 0.717) is 47.5 Å². The molecule has 0 bridgehead atoms. The maximum Gasteiger partial charge on any atom is 0.439 e. The van der Waals surface area contributed by atoms with E-state index in [1.165, 1.54) is 23.5 Å². The first-order chi connectivity index (χ1) is 15.4. The first-order valence-electron chi connectivity index (χ1n) is 9.95. The van der Waals surface area contributed by atoms with E-state index >= 15 is 0 Å². The van der Waals surface area contributed by atoms with Crippen molar-refractivity contribution in [1.29, 1.82) is 5.26 Å². The molecule has 12 heteroatoms. The van der Waals surface area contributed by atoms with Gasteiger partial charge in [0.2, 0.25) is 0 Å². The SMILES string of the molecule is CCOc1ccccc1C(=O)NC(Nc1sc2c(c1C#N)CCCC2)(C(F)(F)F)C(F)(F)F. The fourth-order valence-corrected chi connectivity index (χ4v) is 4.89. The van der Waals surface area contributed by atoms with Crippen LogP contribution in [0.1, 0.15) is 46.1 Å². The van der Waals surface area contributed by atoms with Crippen molar-refractivity contribution in [3.63, 3.8) is 0 Å². The van der Waals surface area contributed by atoms with Crippen molar-refractivity contribution >= 4 is 22.2 Å². The molecular formula is C21H19F6N3O2S. The van der Waals surface area contributed by atoms with E-state index in [4.69, 9.17) is 4.74 Å². The minimum absolute atomic E-state index is 0.0402. The van der Waals surface area contributed by atoms with Crippen LogP contribution in [0, 0.1) is 11.3 Å². The summed E-state index contributed by atoms with van der Waals surface area (Å²) in [5.41, 5.74) is -5.15. The third kappa shape index (κ3) is 4.59. The predicted octanol–water partition coefficient (Wildman–Crippen LogP) is 5.56. The minimum atomic E-state index is -6.00. The highest BCUT2D eigenvalue weighted by Gasteiger charge is 2.73. The zero-order valence-corrected chi connectivity index (χ0v) is 18.1. The Morgan fingerprint density at radius 3 is 2.36 bits per heavy atom. The van der Waals surface area contributed by atoms with Crippen molar-refractivity contribution in [2.45, 2.75) is 50.6 Å². The molecule has 5 nitrogen and oxygen atoms in total. The average Bonchev–Trinajstić information content (AvgIpc) is 3.09. The number of anilines is 1. The van der Waals surface area contributed by atoms with Crippen molar-refractivity contribution in [2.24, 2.45) is 0 Å². The number of hydrogen-bond donors (Lipinski definition) is 2. The molecule has 33 heavy (non-hydrogen) atoms. The predicted molar refractivity (Wildman–Crippen MR) is 109 cm³/mol. The molecule has 0 radical (unpaired) electrons. The Balaban J connectivity index is 2.11. The van der Waals surface area contributed by atoms with E-state index in [1.54, 1.807) is 13.0 Å². The number of amides is 1. The number of para-hydroxylation sites is 1. The molecule has 0 saturated carbocycles. The molecular weight excluding hydrogens is 472 g/mol. The Labute approximate surface area is 189 Å². The molecule has 0 fully saturated rings. The molecule has 1 aromatic carbocycles. The lowest BCUT2D eigenvalue weighted by Crippen LogP contribution is -2.72. The molecule has 178 valence electrons. The summed E-state index contributed by atoms with van der Waals surface area (Å²) in [6, 6.07) is 6.75. The van der Waals surface area contributed by atoms with Crippen molar-refractivity contribution in [1.82, 2.24) is 5.32 Å². The van der Waals surface area contributed by atoms with E-state index in [9.17, 15) is 36.4 Å². The number of benzene rings is 1. The zero-order valence-electron chi connectivity index (χ0n) is 17.3. The van der Waals surface area contributed by atoms with Gasteiger partial charge in [0, 0.05) is 4.88 Å². The third-order valence-electron chi connectivity index (χ3n) is 5.17. The van der Waals surface area contributed by atoms with Crippen LogP contribution in [0.15, 0.2) is 24.3 Å². The number of fused-ring (bicyclic) bond motifs is 1. The quantitative estimate of drug-likeness (QED) is 0.410. The summed E-state index contributed by atoms with van der Waals surface area (Å²) in [4.78, 5) is 13.3. The summed E-state index contributed by atoms with van der Waals surface area (Å²) < 4.78 is 89.7. The van der Waals surface area contributed by atoms with Crippen LogP contribution < -0.4 is 15.4 Å². The van der Waals surface area contributed by atoms with Gasteiger partial charge in [0.15, 0.2) is 0 Å². The smallest absolute Gasteiger partial charge is 0.439 e. The van der Waals surface area contributed by atoms with E-state index in [1.807, 2.05) is 0 Å². The number of rotatable bonds is 6. The molecule has 0 atom stereocenters. The minimum Gasteiger partial charge on any atom is -0.493 e. The summed E-state index contributed by atoms with van der Waals surface area (Å²) in [5.74, 6) is -1.80. The number of carbonyl (C=O) groups excluding carboxylic acids is 1. The van der Waals surface area contributed by atoms with Gasteiger partial charge in [-0.15, -0.1) is 11.3 Å². The highest BCUT2D eigenvalue weighted by atomic mass is 32.1. The van der Waals surface area contributed by atoms with E-state index in [0.717, 1.165) is 11.4 Å². The van der Waals surface area contributed by atoms with Gasteiger partial charge in [-0.1, -0.05) is 12.1 Å². The highest BCUT2D eigenvalue weighted by Crippen LogP contribution is 2.47. The number of nitrogens with zero attached hydrogens (tertiary/aromatic N) is 1. The topological polar surface area (TPSA) is 74.2 Å². The summed E-state index contributed by atoms with van der Waals surface area (Å²) >= 11 is 0.670. The second-order valence-electron chi connectivity index (χ2n) is 7.28. The number of ether oxygens (including phenoxy) is 1. The summed E-state index contributed by atoms with van der Waals surface area (Å²) in [7, 11) is 0. The summed E-state index contributed by atoms with van der Waals surface area (Å²) in [5, 5.41) is 11.5. The van der Waals surface area contributed by atoms with E-state index in [-0.39, 0.29) is 17.9 Å². The van der Waals surface area contributed by atoms with Crippen LogP contribution in [-0.2, 0) is 12.8 Å². The molecule has 1 heterocycles. The highest BCUT2D eigenvalue weighted by molar-refractivity contribution is 7.16. The van der Waals surface area contributed by atoms with Gasteiger partial charge in [0.1, 0.15) is 16.8 Å². The standard InChI is InChI=1S/C21H19F6N3O2S/c1-2-32-15-9-5-3-8-13(15)17(31)29-19(20(22,23)24,21(25,26)27)30-18-14(11-28)12-7-4-6-10-16(12)33-18/h3,5,8-9,30H,2,4,6-7,10H2,1H3,(H,29,31). The number of carbonyl (C=O) groups is 1. The molecule has 0 aliphatic heterocycles. The maximum absolute atomic E-state index is 14.1. The molecule has 2 N–H and O–H groups in total. The van der Waals surface area contributed by atoms with Crippen LogP contribution in [0.25, 0.3) is 0 Å². The first-order valence-corrected chi connectivity index (χ1v) is 10.8. The number of nitriles is 1. The Hall–Kier alpha value is -2.94. The Kier molecular flexibility index (Phi) is 6.83. The lowest BCUT2D eigenvalue weighted by atomic mass is 9.96. The van der Waals surface area contributed by atoms with Crippen molar-refractivity contribution in [3.8, 4) is 11.8 Å². The fourth-order valence-electron chi connectivity index (χ4n) is 3.59. The Morgan fingerprint density at radius 2 is 1.76 bits per heavy atom. The normalized spacial score (nSPS) is 14.2. The van der Waals surface area contributed by atoms with Gasteiger partial charge in [-0.25, -0.2) is 0 Å². The van der Waals surface area contributed by atoms with Gasteiger partial charge < -0.3 is 15.4 Å². The molecule has 2 aromatic rings. The van der Waals surface area contributed by atoms with Crippen LogP contribution in [0.5, 0.6) is 5.75 Å². The molecule has 1 aliphatic rings. The number of halogens is 6. The van der Waals surface area contributed by atoms with Gasteiger partial charge in [-0.05, 0) is 50.3 Å². The summed E-state index contributed by atoms with van der Waals surface area (Å²) in [6.45, 7) is 1.59. The first kappa shape index (κ1) is 24.7. The van der Waals surface area contributed by atoms with Gasteiger partial charge in [0.05, 0.1) is 17.7 Å². The molecule has 1 aromatic heterocycles. The second-order valence-corrected chi connectivity index (χ2v) is 8.39. The Morgan fingerprint density at radius 1 is 1.12 bits per heavy atom. The van der Waals surface area contributed by atoms with Crippen LogP contribution >= 0.6 is 11.3 Å². The van der Waals surface area contributed by atoms with E-state index < -0.39 is 34.5 Å². The molecule has 1 aliphatic carbocycles.